The molecule has 1 heterocycles. The number of hydrogen-bond acceptors (Lipinski definition) is 3. The van der Waals surface area contributed by atoms with Crippen molar-refractivity contribution in [2.75, 3.05) is 29.9 Å². The van der Waals surface area contributed by atoms with Crippen molar-refractivity contribution in [2.24, 2.45) is 5.41 Å². The summed E-state index contributed by atoms with van der Waals surface area (Å²) in [5.41, 5.74) is 0.546. The fraction of sp³-hybridized carbons (Fsp3) is 0.333. The van der Waals surface area contributed by atoms with Crippen LogP contribution in [0.15, 0.2) is 43.5 Å². The lowest BCUT2D eigenvalue weighted by Crippen LogP contribution is -2.42. The zero-order chi connectivity index (χ0) is 17.7. The van der Waals surface area contributed by atoms with Crippen molar-refractivity contribution in [3.8, 4) is 5.75 Å². The lowest BCUT2D eigenvalue weighted by Gasteiger charge is -2.27. The molecule has 0 spiro atoms. The second-order valence-corrected chi connectivity index (χ2v) is 6.18. The van der Waals surface area contributed by atoms with Crippen molar-refractivity contribution < 1.29 is 14.3 Å². The maximum Gasteiger partial charge on any atom is 0.319 e. The van der Waals surface area contributed by atoms with Crippen molar-refractivity contribution in [1.82, 2.24) is 5.32 Å². The molecule has 0 unspecified atom stereocenters. The summed E-state index contributed by atoms with van der Waals surface area (Å²) >= 11 is 0. The summed E-state index contributed by atoms with van der Waals surface area (Å²) in [5.74, 6) is 0.558. The number of carbonyl (C=O) groups excluding carboxylic acids is 2. The molecule has 6 nitrogen and oxygen atoms in total. The molecule has 1 aliphatic rings. The van der Waals surface area contributed by atoms with Crippen molar-refractivity contribution >= 4 is 23.3 Å². The molecule has 3 amide bonds. The van der Waals surface area contributed by atoms with E-state index < -0.39 is 5.41 Å². The first kappa shape index (κ1) is 17.6. The molecule has 1 aliphatic heterocycles. The Morgan fingerprint density at radius 1 is 1.38 bits per heavy atom. The maximum absolute atomic E-state index is 12.8. The Bertz CT molecular complexity index is 667. The minimum Gasteiger partial charge on any atom is -0.490 e. The van der Waals surface area contributed by atoms with Crippen LogP contribution < -0.4 is 20.3 Å². The predicted octanol–water partition coefficient (Wildman–Crippen LogP) is 2.93. The van der Waals surface area contributed by atoms with Gasteiger partial charge in [-0.15, -0.1) is 13.2 Å². The second-order valence-electron chi connectivity index (χ2n) is 6.18. The van der Waals surface area contributed by atoms with E-state index in [0.717, 1.165) is 0 Å². The van der Waals surface area contributed by atoms with E-state index in [1.807, 2.05) is 13.8 Å². The first-order valence-corrected chi connectivity index (χ1v) is 7.74. The molecule has 0 radical (unpaired) electrons. The lowest BCUT2D eigenvalue weighted by atomic mass is 9.93. The van der Waals surface area contributed by atoms with Crippen LogP contribution in [0.1, 0.15) is 13.8 Å². The van der Waals surface area contributed by atoms with Crippen LogP contribution in [0.2, 0.25) is 0 Å². The fourth-order valence-electron chi connectivity index (χ4n) is 2.37. The number of ether oxygens (including phenoxy) is 1. The van der Waals surface area contributed by atoms with Crippen LogP contribution in [0.4, 0.5) is 16.2 Å². The highest BCUT2D eigenvalue weighted by Gasteiger charge is 2.37. The third-order valence-corrected chi connectivity index (χ3v) is 3.64. The van der Waals surface area contributed by atoms with E-state index in [0.29, 0.717) is 36.8 Å². The van der Waals surface area contributed by atoms with Gasteiger partial charge < -0.3 is 20.3 Å². The highest BCUT2D eigenvalue weighted by atomic mass is 16.5. The Labute approximate surface area is 142 Å². The topological polar surface area (TPSA) is 70.7 Å². The van der Waals surface area contributed by atoms with Gasteiger partial charge in [-0.1, -0.05) is 12.2 Å². The van der Waals surface area contributed by atoms with Crippen molar-refractivity contribution in [2.45, 2.75) is 13.8 Å². The van der Waals surface area contributed by atoms with Crippen LogP contribution in [-0.4, -0.2) is 31.6 Å². The van der Waals surface area contributed by atoms with Gasteiger partial charge in [-0.3, -0.25) is 4.79 Å². The molecule has 2 rings (SSSR count). The summed E-state index contributed by atoms with van der Waals surface area (Å²) in [6, 6.07) is 4.88. The second kappa shape index (κ2) is 7.21. The summed E-state index contributed by atoms with van der Waals surface area (Å²) < 4.78 is 5.80. The molecule has 1 aromatic carbocycles. The van der Waals surface area contributed by atoms with Gasteiger partial charge in [-0.05, 0) is 32.0 Å². The van der Waals surface area contributed by atoms with Gasteiger partial charge in [-0.25, -0.2) is 4.79 Å². The Morgan fingerprint density at radius 3 is 2.79 bits per heavy atom. The van der Waals surface area contributed by atoms with E-state index in [1.54, 1.807) is 35.3 Å². The first-order chi connectivity index (χ1) is 11.4. The Kier molecular flexibility index (Phi) is 5.28. The number of nitrogens with one attached hydrogen (secondary N) is 2. The molecule has 0 saturated heterocycles. The first-order valence-electron chi connectivity index (χ1n) is 7.74. The Hall–Kier alpha value is -2.76. The average Bonchev–Trinajstić information content (AvgIpc) is 2.64. The van der Waals surface area contributed by atoms with Gasteiger partial charge >= 0.3 is 6.03 Å². The largest absolute Gasteiger partial charge is 0.490 e. The number of anilines is 2. The molecule has 1 aromatic rings. The average molecular weight is 329 g/mol. The number of benzene rings is 1. The smallest absolute Gasteiger partial charge is 0.319 e. The quantitative estimate of drug-likeness (QED) is 0.816. The van der Waals surface area contributed by atoms with E-state index in [4.69, 9.17) is 4.74 Å². The molecule has 128 valence electrons. The van der Waals surface area contributed by atoms with Gasteiger partial charge in [0.1, 0.15) is 12.4 Å². The van der Waals surface area contributed by atoms with Crippen LogP contribution in [-0.2, 0) is 4.79 Å². The monoisotopic (exact) mass is 329 g/mol. The van der Waals surface area contributed by atoms with E-state index in [1.165, 1.54) is 0 Å². The number of hydrogen-bond donors (Lipinski definition) is 2. The van der Waals surface area contributed by atoms with E-state index >= 15 is 0 Å². The summed E-state index contributed by atoms with van der Waals surface area (Å²) in [6.07, 6.45) is 3.26. The normalized spacial score (nSPS) is 15.6. The molecule has 0 aromatic heterocycles. The minimum absolute atomic E-state index is 0.0468. The van der Waals surface area contributed by atoms with E-state index in [2.05, 4.69) is 23.8 Å². The molecule has 0 atom stereocenters. The summed E-state index contributed by atoms with van der Waals surface area (Å²) in [6.45, 7) is 12.0. The summed E-state index contributed by atoms with van der Waals surface area (Å²) in [4.78, 5) is 26.2. The Morgan fingerprint density at radius 2 is 2.12 bits per heavy atom. The van der Waals surface area contributed by atoms with Gasteiger partial charge in [-0.2, -0.15) is 0 Å². The fourth-order valence-corrected chi connectivity index (χ4v) is 2.37. The lowest BCUT2D eigenvalue weighted by molar-refractivity contribution is -0.127. The van der Waals surface area contributed by atoms with Gasteiger partial charge in [0.2, 0.25) is 5.91 Å². The highest BCUT2D eigenvalue weighted by molar-refractivity contribution is 6.00. The molecule has 0 saturated carbocycles. The molecule has 2 N–H and O–H groups in total. The van der Waals surface area contributed by atoms with Crippen LogP contribution in [0, 0.1) is 5.41 Å². The maximum atomic E-state index is 12.8. The SMILES string of the molecule is C=CCNC(=O)Nc1ccc2c(c1)N(CC=C)C(=O)C(C)(C)CO2. The van der Waals surface area contributed by atoms with Crippen LogP contribution in [0.3, 0.4) is 0 Å². The van der Waals surface area contributed by atoms with E-state index in [-0.39, 0.29) is 11.9 Å². The van der Waals surface area contributed by atoms with E-state index in [9.17, 15) is 9.59 Å². The van der Waals surface area contributed by atoms with Gasteiger partial charge in [0, 0.05) is 18.8 Å². The number of fused-ring (bicyclic) bond motifs is 1. The number of nitrogens with zero attached hydrogens (tertiary/aromatic N) is 1. The van der Waals surface area contributed by atoms with Crippen molar-refractivity contribution in [3.63, 3.8) is 0 Å². The number of urea groups is 1. The summed E-state index contributed by atoms with van der Waals surface area (Å²) in [5, 5.41) is 5.36. The molecule has 0 bridgehead atoms. The van der Waals surface area contributed by atoms with Gasteiger partial charge in [0.25, 0.3) is 0 Å². The van der Waals surface area contributed by atoms with Crippen LogP contribution in [0.5, 0.6) is 5.75 Å². The zero-order valence-corrected chi connectivity index (χ0v) is 14.1. The predicted molar refractivity (Wildman–Crippen MR) is 95.5 cm³/mol. The van der Waals surface area contributed by atoms with Crippen molar-refractivity contribution in [1.29, 1.82) is 0 Å². The molecular formula is C18H23N3O3. The van der Waals surface area contributed by atoms with Crippen LogP contribution >= 0.6 is 0 Å². The third kappa shape index (κ3) is 3.76. The Balaban J connectivity index is 2.33. The van der Waals surface area contributed by atoms with Crippen LogP contribution in [0.25, 0.3) is 0 Å². The number of carbonyl (C=O) groups is 2. The molecule has 6 heteroatoms. The molecule has 0 fully saturated rings. The standard InChI is InChI=1S/C18H23N3O3/c1-5-9-19-17(23)20-13-7-8-15-14(11-13)21(10-6-2)16(22)18(3,4)12-24-15/h5-8,11H,1-2,9-10,12H2,3-4H3,(H2,19,20,23). The third-order valence-electron chi connectivity index (χ3n) is 3.64. The molecule has 0 aliphatic carbocycles. The van der Waals surface area contributed by atoms with Crippen molar-refractivity contribution in [3.05, 3.63) is 43.5 Å². The zero-order valence-electron chi connectivity index (χ0n) is 14.1. The van der Waals surface area contributed by atoms with Gasteiger partial charge in [0.15, 0.2) is 0 Å². The molecular weight excluding hydrogens is 306 g/mol. The minimum atomic E-state index is -0.642. The molecule has 24 heavy (non-hydrogen) atoms. The number of amides is 3. The van der Waals surface area contributed by atoms with Gasteiger partial charge in [0.05, 0.1) is 11.1 Å². The summed E-state index contributed by atoms with van der Waals surface area (Å²) in [7, 11) is 0. The number of rotatable bonds is 5. The highest BCUT2D eigenvalue weighted by Crippen LogP contribution is 2.38.